The van der Waals surface area contributed by atoms with Crippen LogP contribution in [0, 0.1) is 17.5 Å². The summed E-state index contributed by atoms with van der Waals surface area (Å²) in [5.74, 6) is -5.61. The average molecular weight is 526 g/mol. The second-order valence-electron chi connectivity index (χ2n) is 8.78. The molecule has 192 valence electrons. The van der Waals surface area contributed by atoms with Crippen LogP contribution < -0.4 is 0 Å². The summed E-state index contributed by atoms with van der Waals surface area (Å²) in [5.41, 5.74) is 0.771. The van der Waals surface area contributed by atoms with Crippen molar-refractivity contribution in [3.8, 4) is 11.3 Å². The van der Waals surface area contributed by atoms with Gasteiger partial charge in [-0.3, -0.25) is 0 Å². The van der Waals surface area contributed by atoms with E-state index in [1.54, 1.807) is 18.2 Å². The summed E-state index contributed by atoms with van der Waals surface area (Å²) in [6.07, 6.45) is -0.776. The molecule has 0 aliphatic carbocycles. The lowest BCUT2D eigenvalue weighted by molar-refractivity contribution is -0.348. The third-order valence-corrected chi connectivity index (χ3v) is 6.67. The zero-order valence-corrected chi connectivity index (χ0v) is 19.6. The van der Waals surface area contributed by atoms with Crippen molar-refractivity contribution in [1.29, 1.82) is 0 Å². The van der Waals surface area contributed by atoms with Crippen LogP contribution in [0.2, 0.25) is 5.02 Å². The van der Waals surface area contributed by atoms with Crippen molar-refractivity contribution in [2.45, 2.75) is 49.6 Å². The van der Waals surface area contributed by atoms with Gasteiger partial charge < -0.3 is 24.4 Å². The van der Waals surface area contributed by atoms with Crippen LogP contribution in [-0.4, -0.2) is 62.5 Å². The molecule has 1 aromatic heterocycles. The van der Waals surface area contributed by atoms with E-state index in [1.165, 1.54) is 10.9 Å². The second-order valence-corrected chi connectivity index (χ2v) is 9.22. The predicted molar refractivity (Wildman–Crippen MR) is 120 cm³/mol. The number of halogens is 4. The summed E-state index contributed by atoms with van der Waals surface area (Å²) in [4.78, 5) is 0. The Morgan fingerprint density at radius 3 is 2.64 bits per heavy atom. The van der Waals surface area contributed by atoms with Crippen molar-refractivity contribution in [2.24, 2.45) is 0 Å². The first-order valence-corrected chi connectivity index (χ1v) is 11.7. The van der Waals surface area contributed by atoms with Crippen molar-refractivity contribution in [3.63, 3.8) is 0 Å². The molecule has 2 aliphatic rings. The Hall–Kier alpha value is -2.54. The fourth-order valence-electron chi connectivity index (χ4n) is 4.74. The van der Waals surface area contributed by atoms with Crippen LogP contribution in [0.25, 0.3) is 11.3 Å². The summed E-state index contributed by atoms with van der Waals surface area (Å²) in [5, 5.41) is 29.6. The molecule has 2 saturated heterocycles. The lowest BCUT2D eigenvalue weighted by Crippen LogP contribution is -2.63. The fourth-order valence-corrected chi connectivity index (χ4v) is 4.95. The largest absolute Gasteiger partial charge is 0.394 e. The van der Waals surface area contributed by atoms with Crippen molar-refractivity contribution in [1.82, 2.24) is 15.0 Å². The average Bonchev–Trinajstić information content (AvgIpc) is 3.53. The molecule has 5 rings (SSSR count). The number of rotatable bonds is 6. The predicted octanol–water partition coefficient (Wildman–Crippen LogP) is 3.40. The number of aliphatic hydroxyl groups is 2. The maximum Gasteiger partial charge on any atom is 0.197 e. The molecule has 2 aliphatic heterocycles. The molecular formula is C24H23ClF3N3O5. The molecule has 0 radical (unpaired) electrons. The van der Waals surface area contributed by atoms with E-state index in [0.29, 0.717) is 24.5 Å². The van der Waals surface area contributed by atoms with Gasteiger partial charge in [0.1, 0.15) is 30.0 Å². The van der Waals surface area contributed by atoms with Crippen LogP contribution in [0.4, 0.5) is 13.2 Å². The quantitative estimate of drug-likeness (QED) is 0.476. The molecule has 3 aromatic rings. The molecule has 2 fully saturated rings. The Morgan fingerprint density at radius 2 is 1.97 bits per heavy atom. The Labute approximate surface area is 209 Å². The maximum absolute atomic E-state index is 13.8. The summed E-state index contributed by atoms with van der Waals surface area (Å²) in [6.45, 7) is -0.0168. The number of aromatic nitrogens is 3. The molecular weight excluding hydrogens is 503 g/mol. The lowest BCUT2D eigenvalue weighted by Gasteiger charge is -2.49. The van der Waals surface area contributed by atoms with Gasteiger partial charge in [0.15, 0.2) is 23.2 Å². The SMILES string of the molecule is OC[C@H]1O[C@@]2(CCCO2)[C@H](OCc2cccc(Cl)c2)[C@@H](n2cc(-c3cc(F)c(F)c(F)c3)nn2)[C@H]1O. The highest BCUT2D eigenvalue weighted by Crippen LogP contribution is 2.45. The summed E-state index contributed by atoms with van der Waals surface area (Å²) in [6, 6.07) is 7.72. The monoisotopic (exact) mass is 525 g/mol. The van der Waals surface area contributed by atoms with Crippen molar-refractivity contribution in [3.05, 3.63) is 70.6 Å². The number of nitrogens with zero attached hydrogens (tertiary/aromatic N) is 3. The first kappa shape index (κ1) is 25.1. The number of aliphatic hydroxyl groups excluding tert-OH is 2. The fraction of sp³-hybridized carbons (Fsp3) is 0.417. The second kappa shape index (κ2) is 10.1. The molecule has 2 aromatic carbocycles. The molecule has 1 spiro atoms. The summed E-state index contributed by atoms with van der Waals surface area (Å²) < 4.78 is 60.6. The molecule has 0 bridgehead atoms. The number of benzene rings is 2. The standard InChI is InChI=1S/C24H23ClF3N3O5/c25-15-4-1-3-13(7-15)12-34-23-21(22(33)19(11-32)36-24(23)5-2-6-35-24)31-10-18(29-30-31)14-8-16(26)20(28)17(27)9-14/h1,3-4,7-10,19,21-23,32-33H,2,5-6,11-12H2/t19-,21+,22+,23-,24+/m1/s1. The zero-order valence-electron chi connectivity index (χ0n) is 18.9. The third-order valence-electron chi connectivity index (χ3n) is 6.44. The minimum atomic E-state index is -1.59. The van der Waals surface area contributed by atoms with Crippen LogP contribution in [0.15, 0.2) is 42.6 Å². The van der Waals surface area contributed by atoms with Gasteiger partial charge in [0, 0.05) is 17.0 Å². The third kappa shape index (κ3) is 4.62. The zero-order chi connectivity index (χ0) is 25.4. The molecule has 12 heteroatoms. The van der Waals surface area contributed by atoms with Crippen LogP contribution in [0.1, 0.15) is 24.4 Å². The van der Waals surface area contributed by atoms with Gasteiger partial charge >= 0.3 is 0 Å². The van der Waals surface area contributed by atoms with Crippen LogP contribution in [-0.2, 0) is 20.8 Å². The van der Waals surface area contributed by atoms with Gasteiger partial charge in [-0.05, 0) is 36.2 Å². The Balaban J connectivity index is 1.52. The summed E-state index contributed by atoms with van der Waals surface area (Å²) >= 11 is 6.09. The van der Waals surface area contributed by atoms with Crippen LogP contribution in [0.5, 0.6) is 0 Å². The molecule has 36 heavy (non-hydrogen) atoms. The Kier molecular flexibility index (Phi) is 7.03. The highest BCUT2D eigenvalue weighted by Gasteiger charge is 2.58. The number of hydrogen-bond acceptors (Lipinski definition) is 7. The van der Waals surface area contributed by atoms with E-state index in [9.17, 15) is 23.4 Å². The van der Waals surface area contributed by atoms with E-state index in [-0.39, 0.29) is 17.9 Å². The molecule has 8 nitrogen and oxygen atoms in total. The van der Waals surface area contributed by atoms with Crippen molar-refractivity contribution < 1.29 is 37.6 Å². The minimum absolute atomic E-state index is 0.0406. The van der Waals surface area contributed by atoms with Gasteiger partial charge in [-0.2, -0.15) is 0 Å². The molecule has 2 N–H and O–H groups in total. The molecule has 0 saturated carbocycles. The van der Waals surface area contributed by atoms with Crippen molar-refractivity contribution >= 4 is 11.6 Å². The molecule has 0 amide bonds. The van der Waals surface area contributed by atoms with Gasteiger partial charge in [-0.15, -0.1) is 5.10 Å². The molecule has 3 heterocycles. The van der Waals surface area contributed by atoms with E-state index in [1.807, 2.05) is 6.07 Å². The van der Waals surface area contributed by atoms with E-state index >= 15 is 0 Å². The molecule has 5 atom stereocenters. The van der Waals surface area contributed by atoms with Crippen LogP contribution in [0.3, 0.4) is 0 Å². The maximum atomic E-state index is 13.8. The van der Waals surface area contributed by atoms with E-state index in [4.69, 9.17) is 25.8 Å². The van der Waals surface area contributed by atoms with Crippen molar-refractivity contribution in [2.75, 3.05) is 13.2 Å². The smallest absolute Gasteiger partial charge is 0.197 e. The number of ether oxygens (including phenoxy) is 3. The number of hydrogen-bond donors (Lipinski definition) is 2. The highest BCUT2D eigenvalue weighted by atomic mass is 35.5. The Bertz CT molecular complexity index is 1220. The van der Waals surface area contributed by atoms with Gasteiger partial charge in [-0.25, -0.2) is 17.9 Å². The Morgan fingerprint density at radius 1 is 1.19 bits per heavy atom. The first-order chi connectivity index (χ1) is 17.3. The van der Waals surface area contributed by atoms with Gasteiger partial charge in [0.2, 0.25) is 0 Å². The first-order valence-electron chi connectivity index (χ1n) is 11.3. The van der Waals surface area contributed by atoms with E-state index < -0.39 is 54.2 Å². The summed E-state index contributed by atoms with van der Waals surface area (Å²) in [7, 11) is 0. The molecule has 0 unspecified atom stereocenters. The van der Waals surface area contributed by atoms with E-state index in [0.717, 1.165) is 17.7 Å². The van der Waals surface area contributed by atoms with Gasteiger partial charge in [-0.1, -0.05) is 28.9 Å². The van der Waals surface area contributed by atoms with Gasteiger partial charge in [0.05, 0.1) is 26.0 Å². The lowest BCUT2D eigenvalue weighted by atomic mass is 9.88. The minimum Gasteiger partial charge on any atom is -0.394 e. The highest BCUT2D eigenvalue weighted by molar-refractivity contribution is 6.30. The normalized spacial score (nSPS) is 28.2. The van der Waals surface area contributed by atoms with Crippen LogP contribution >= 0.6 is 11.6 Å². The van der Waals surface area contributed by atoms with E-state index in [2.05, 4.69) is 10.3 Å². The van der Waals surface area contributed by atoms with Gasteiger partial charge in [0.25, 0.3) is 0 Å². The topological polar surface area (TPSA) is 98.9 Å².